The first-order valence-corrected chi connectivity index (χ1v) is 7.29. The number of nitrogens with one attached hydrogen (secondary N) is 2. The maximum absolute atomic E-state index is 12.0. The van der Waals surface area contributed by atoms with Crippen molar-refractivity contribution in [3.63, 3.8) is 0 Å². The first-order valence-electron chi connectivity index (χ1n) is 7.29. The summed E-state index contributed by atoms with van der Waals surface area (Å²) in [7, 11) is 0. The van der Waals surface area contributed by atoms with Crippen LogP contribution < -0.4 is 10.6 Å². The van der Waals surface area contributed by atoms with Gasteiger partial charge in [0.15, 0.2) is 0 Å². The fourth-order valence-corrected chi connectivity index (χ4v) is 6.02. The molecule has 0 aromatic carbocycles. The van der Waals surface area contributed by atoms with Gasteiger partial charge in [0, 0.05) is 0 Å². The molecule has 4 aliphatic carbocycles. The summed E-state index contributed by atoms with van der Waals surface area (Å²) in [6.07, 6.45) is 1.80. The average molecular weight is 274 g/mol. The summed E-state index contributed by atoms with van der Waals surface area (Å²) in [5.41, 5.74) is 0. The van der Waals surface area contributed by atoms with Crippen molar-refractivity contribution >= 4 is 23.6 Å². The Morgan fingerprint density at radius 3 is 1.35 bits per heavy atom. The quantitative estimate of drug-likeness (QED) is 0.557. The predicted octanol–water partition coefficient (Wildman–Crippen LogP) is -0.950. The van der Waals surface area contributed by atoms with Crippen LogP contribution in [-0.4, -0.2) is 23.6 Å². The third kappa shape index (κ3) is 0.949. The highest BCUT2D eigenvalue weighted by atomic mass is 16.2. The fourth-order valence-electron chi connectivity index (χ4n) is 6.02. The van der Waals surface area contributed by atoms with E-state index in [1.165, 1.54) is 0 Å². The molecule has 20 heavy (non-hydrogen) atoms. The molecule has 6 rings (SSSR count). The second kappa shape index (κ2) is 3.13. The van der Waals surface area contributed by atoms with Crippen molar-refractivity contribution in [2.24, 2.45) is 47.3 Å². The molecule has 2 N–H and O–H groups in total. The zero-order chi connectivity index (χ0) is 13.8. The number of carbonyl (C=O) groups is 4. The summed E-state index contributed by atoms with van der Waals surface area (Å²) < 4.78 is 0. The van der Waals surface area contributed by atoms with Crippen LogP contribution in [0.3, 0.4) is 0 Å². The Bertz CT molecular complexity index is 546. The van der Waals surface area contributed by atoms with Crippen LogP contribution in [0.25, 0.3) is 0 Å². The summed E-state index contributed by atoms with van der Waals surface area (Å²) in [4.78, 5) is 47.9. The molecular formula is C14H14N2O4. The van der Waals surface area contributed by atoms with Crippen LogP contribution >= 0.6 is 0 Å². The van der Waals surface area contributed by atoms with Crippen LogP contribution in [0, 0.1) is 47.3 Å². The Labute approximate surface area is 114 Å². The molecule has 0 aromatic heterocycles. The number of fused-ring (bicyclic) bond motifs is 2. The summed E-state index contributed by atoms with van der Waals surface area (Å²) in [6, 6.07) is 0. The van der Waals surface area contributed by atoms with Crippen molar-refractivity contribution < 1.29 is 19.2 Å². The van der Waals surface area contributed by atoms with Crippen molar-refractivity contribution in [2.75, 3.05) is 0 Å². The molecule has 0 spiro atoms. The van der Waals surface area contributed by atoms with Gasteiger partial charge in [0.25, 0.3) is 0 Å². The number of amides is 4. The molecule has 0 unspecified atom stereocenters. The standard InChI is InChI=1S/C14H14N2O4/c17-11-7-3-1-2-4(8(7)12(18)15-11)6-5(3)9-10(6)14(20)16-13(9)19/h3-10H,1-2H2,(H,15,17,18)(H,16,19,20)/t3-,4-,5-,6+,7-,8-,9-,10-/m1/s1. The largest absolute Gasteiger partial charge is 0.296 e. The maximum atomic E-state index is 12.0. The summed E-state index contributed by atoms with van der Waals surface area (Å²) in [5, 5.41) is 4.88. The monoisotopic (exact) mass is 274 g/mol. The number of imide groups is 2. The fraction of sp³-hybridized carbons (Fsp3) is 0.714. The van der Waals surface area contributed by atoms with Gasteiger partial charge in [-0.3, -0.25) is 29.8 Å². The first-order chi connectivity index (χ1) is 9.59. The lowest BCUT2D eigenvalue weighted by atomic mass is 9.38. The zero-order valence-electron chi connectivity index (χ0n) is 10.7. The molecule has 6 fully saturated rings. The van der Waals surface area contributed by atoms with E-state index >= 15 is 0 Å². The van der Waals surface area contributed by atoms with Gasteiger partial charge in [0.1, 0.15) is 0 Å². The molecule has 4 saturated carbocycles. The number of hydrogen-bond donors (Lipinski definition) is 2. The topological polar surface area (TPSA) is 92.3 Å². The molecule has 2 bridgehead atoms. The Kier molecular flexibility index (Phi) is 1.72. The maximum Gasteiger partial charge on any atom is 0.230 e. The van der Waals surface area contributed by atoms with E-state index in [9.17, 15) is 19.2 Å². The van der Waals surface area contributed by atoms with Crippen molar-refractivity contribution in [3.8, 4) is 0 Å². The van der Waals surface area contributed by atoms with Gasteiger partial charge >= 0.3 is 0 Å². The molecule has 0 aromatic rings. The minimum Gasteiger partial charge on any atom is -0.296 e. The SMILES string of the molecule is O=C1NC(=O)[C@@H]2[C@@H]3CC[C@@H]([C@@H]12)[C@@H]1[C@H]2C(=O)NC(=O)[C@@H]2[C@H]31. The molecule has 4 amide bonds. The smallest absolute Gasteiger partial charge is 0.230 e. The molecular weight excluding hydrogens is 260 g/mol. The van der Waals surface area contributed by atoms with Gasteiger partial charge in [0.05, 0.1) is 23.7 Å². The van der Waals surface area contributed by atoms with Crippen LogP contribution in [0.15, 0.2) is 0 Å². The van der Waals surface area contributed by atoms with Crippen molar-refractivity contribution in [1.82, 2.24) is 10.6 Å². The van der Waals surface area contributed by atoms with E-state index in [0.29, 0.717) is 0 Å². The van der Waals surface area contributed by atoms with Crippen LogP contribution in [0.5, 0.6) is 0 Å². The highest BCUT2D eigenvalue weighted by Crippen LogP contribution is 2.68. The highest BCUT2D eigenvalue weighted by molar-refractivity contribution is 6.08. The molecule has 6 heteroatoms. The minimum absolute atomic E-state index is 0.0966. The molecule has 0 radical (unpaired) electrons. The van der Waals surface area contributed by atoms with Crippen LogP contribution in [0.4, 0.5) is 0 Å². The van der Waals surface area contributed by atoms with Crippen molar-refractivity contribution in [1.29, 1.82) is 0 Å². The van der Waals surface area contributed by atoms with E-state index in [4.69, 9.17) is 0 Å². The average Bonchev–Trinajstić information content (AvgIpc) is 2.78. The molecule has 2 aliphatic heterocycles. The summed E-state index contributed by atoms with van der Waals surface area (Å²) >= 11 is 0. The lowest BCUT2D eigenvalue weighted by molar-refractivity contribution is -0.190. The Hall–Kier alpha value is -1.72. The first kappa shape index (κ1) is 11.0. The number of carbonyl (C=O) groups excluding carboxylic acids is 4. The third-order valence-electron chi connectivity index (χ3n) is 6.50. The number of hydrogen-bond acceptors (Lipinski definition) is 4. The molecule has 104 valence electrons. The lowest BCUT2D eigenvalue weighted by Crippen LogP contribution is -2.65. The Balaban J connectivity index is 1.61. The summed E-state index contributed by atoms with van der Waals surface area (Å²) in [6.45, 7) is 0. The van der Waals surface area contributed by atoms with Crippen molar-refractivity contribution in [3.05, 3.63) is 0 Å². The van der Waals surface area contributed by atoms with Gasteiger partial charge in [-0.05, 0) is 36.5 Å². The highest BCUT2D eigenvalue weighted by Gasteiger charge is 2.73. The van der Waals surface area contributed by atoms with Crippen LogP contribution in [-0.2, 0) is 19.2 Å². The van der Waals surface area contributed by atoms with E-state index in [2.05, 4.69) is 10.6 Å². The normalized spacial score (nSPS) is 54.8. The molecule has 6 aliphatic rings. The van der Waals surface area contributed by atoms with Gasteiger partial charge in [-0.1, -0.05) is 0 Å². The minimum atomic E-state index is -0.257. The van der Waals surface area contributed by atoms with Crippen molar-refractivity contribution in [2.45, 2.75) is 12.8 Å². The third-order valence-corrected chi connectivity index (χ3v) is 6.50. The zero-order valence-corrected chi connectivity index (χ0v) is 10.7. The molecule has 2 saturated heterocycles. The second-order valence-electron chi connectivity index (χ2n) is 6.87. The van der Waals surface area contributed by atoms with Crippen LogP contribution in [0.2, 0.25) is 0 Å². The Morgan fingerprint density at radius 1 is 0.600 bits per heavy atom. The second-order valence-corrected chi connectivity index (χ2v) is 6.87. The summed E-state index contributed by atoms with van der Waals surface area (Å²) in [5.74, 6) is -1.23. The Morgan fingerprint density at radius 2 is 0.950 bits per heavy atom. The van der Waals surface area contributed by atoms with E-state index in [1.54, 1.807) is 0 Å². The molecule has 2 heterocycles. The van der Waals surface area contributed by atoms with E-state index < -0.39 is 0 Å². The van der Waals surface area contributed by atoms with E-state index in [1.807, 2.05) is 0 Å². The van der Waals surface area contributed by atoms with Gasteiger partial charge in [-0.25, -0.2) is 0 Å². The van der Waals surface area contributed by atoms with E-state index in [0.717, 1.165) is 12.8 Å². The number of rotatable bonds is 0. The van der Waals surface area contributed by atoms with Gasteiger partial charge < -0.3 is 0 Å². The van der Waals surface area contributed by atoms with E-state index in [-0.39, 0.29) is 71.0 Å². The lowest BCUT2D eigenvalue weighted by Gasteiger charge is -2.62. The van der Waals surface area contributed by atoms with Gasteiger partial charge in [-0.2, -0.15) is 0 Å². The molecule has 8 atom stereocenters. The predicted molar refractivity (Wildman–Crippen MR) is 63.5 cm³/mol. The van der Waals surface area contributed by atoms with Gasteiger partial charge in [-0.15, -0.1) is 0 Å². The molecule has 6 nitrogen and oxygen atoms in total. The van der Waals surface area contributed by atoms with Crippen LogP contribution in [0.1, 0.15) is 12.8 Å². The van der Waals surface area contributed by atoms with Gasteiger partial charge in [0.2, 0.25) is 23.6 Å².